The van der Waals surface area contributed by atoms with Crippen molar-refractivity contribution < 1.29 is 4.74 Å². The van der Waals surface area contributed by atoms with Crippen LogP contribution in [0.1, 0.15) is 0 Å². The SMILES string of the molecule is CNN(C)C1COC1. The van der Waals surface area contributed by atoms with Gasteiger partial charge >= 0.3 is 0 Å². The lowest BCUT2D eigenvalue weighted by atomic mass is 10.3. The van der Waals surface area contributed by atoms with Crippen LogP contribution in [0.25, 0.3) is 0 Å². The molecule has 0 bridgehead atoms. The highest BCUT2D eigenvalue weighted by Crippen LogP contribution is 2.04. The van der Waals surface area contributed by atoms with Crippen molar-refractivity contribution in [2.24, 2.45) is 0 Å². The van der Waals surface area contributed by atoms with Crippen LogP contribution in [-0.2, 0) is 4.74 Å². The molecule has 0 unspecified atom stereocenters. The van der Waals surface area contributed by atoms with E-state index < -0.39 is 0 Å². The average molecular weight is 116 g/mol. The van der Waals surface area contributed by atoms with Gasteiger partial charge in [0.1, 0.15) is 0 Å². The fourth-order valence-electron chi connectivity index (χ4n) is 0.629. The average Bonchev–Trinajstić information content (AvgIpc) is 1.62. The maximum absolute atomic E-state index is 4.98. The number of hydrazine groups is 1. The Hall–Kier alpha value is -0.120. The van der Waals surface area contributed by atoms with Crippen molar-refractivity contribution in [2.45, 2.75) is 6.04 Å². The van der Waals surface area contributed by atoms with Crippen LogP contribution in [0.2, 0.25) is 0 Å². The summed E-state index contributed by atoms with van der Waals surface area (Å²) in [5.74, 6) is 0. The Morgan fingerprint density at radius 2 is 2.25 bits per heavy atom. The lowest BCUT2D eigenvalue weighted by molar-refractivity contribution is -0.0700. The maximum Gasteiger partial charge on any atom is 0.0707 e. The van der Waals surface area contributed by atoms with Gasteiger partial charge in [0, 0.05) is 7.05 Å². The smallest absolute Gasteiger partial charge is 0.0707 e. The second-order valence-electron chi connectivity index (χ2n) is 2.03. The number of hydrogen-bond acceptors (Lipinski definition) is 3. The van der Waals surface area contributed by atoms with Gasteiger partial charge in [-0.1, -0.05) is 0 Å². The Bertz CT molecular complexity index is 70.1. The predicted octanol–water partition coefficient (Wildman–Crippen LogP) is -0.549. The maximum atomic E-state index is 4.98. The summed E-state index contributed by atoms with van der Waals surface area (Å²) >= 11 is 0. The Labute approximate surface area is 49.6 Å². The van der Waals surface area contributed by atoms with Crippen LogP contribution in [0.3, 0.4) is 0 Å². The molecule has 8 heavy (non-hydrogen) atoms. The van der Waals surface area contributed by atoms with Gasteiger partial charge in [0.2, 0.25) is 0 Å². The minimum atomic E-state index is 0.597. The van der Waals surface area contributed by atoms with Crippen LogP contribution in [0.15, 0.2) is 0 Å². The monoisotopic (exact) mass is 116 g/mol. The topological polar surface area (TPSA) is 24.5 Å². The molecule has 1 rings (SSSR count). The van der Waals surface area contributed by atoms with E-state index in [1.165, 1.54) is 0 Å². The van der Waals surface area contributed by atoms with E-state index in [1.807, 2.05) is 14.1 Å². The fourth-order valence-corrected chi connectivity index (χ4v) is 0.629. The zero-order chi connectivity index (χ0) is 5.98. The van der Waals surface area contributed by atoms with Gasteiger partial charge in [0.15, 0.2) is 0 Å². The summed E-state index contributed by atoms with van der Waals surface area (Å²) in [6, 6.07) is 0.597. The zero-order valence-corrected chi connectivity index (χ0v) is 5.35. The summed E-state index contributed by atoms with van der Waals surface area (Å²) in [6.07, 6.45) is 0. The van der Waals surface area contributed by atoms with E-state index in [0.29, 0.717) is 6.04 Å². The van der Waals surface area contributed by atoms with E-state index in [-0.39, 0.29) is 0 Å². The van der Waals surface area contributed by atoms with Crippen LogP contribution in [0.4, 0.5) is 0 Å². The molecule has 0 saturated carbocycles. The molecule has 1 fully saturated rings. The molecule has 1 N–H and O–H groups in total. The molecular weight excluding hydrogens is 104 g/mol. The third-order valence-corrected chi connectivity index (χ3v) is 1.52. The summed E-state index contributed by atoms with van der Waals surface area (Å²) in [6.45, 7) is 1.74. The van der Waals surface area contributed by atoms with Crippen molar-refractivity contribution in [3.8, 4) is 0 Å². The number of nitrogens with one attached hydrogen (secondary N) is 1. The Morgan fingerprint density at radius 1 is 1.62 bits per heavy atom. The van der Waals surface area contributed by atoms with Gasteiger partial charge in [0.25, 0.3) is 0 Å². The molecule has 0 aromatic carbocycles. The van der Waals surface area contributed by atoms with Crippen molar-refractivity contribution in [2.75, 3.05) is 27.3 Å². The van der Waals surface area contributed by atoms with Crippen molar-refractivity contribution in [3.63, 3.8) is 0 Å². The number of hydrogen-bond donors (Lipinski definition) is 1. The minimum Gasteiger partial charge on any atom is -0.378 e. The van der Waals surface area contributed by atoms with E-state index >= 15 is 0 Å². The molecule has 1 heterocycles. The standard InChI is InChI=1S/C5H12N2O/c1-6-7(2)5-3-8-4-5/h5-6H,3-4H2,1-2H3. The van der Waals surface area contributed by atoms with Gasteiger partial charge in [-0.05, 0) is 7.05 Å². The number of likely N-dealkylation sites (N-methyl/N-ethyl adjacent to an activating group) is 1. The molecule has 0 spiro atoms. The molecule has 1 aliphatic rings. The third kappa shape index (κ3) is 0.992. The molecule has 0 atom stereocenters. The van der Waals surface area contributed by atoms with E-state index in [2.05, 4.69) is 10.4 Å². The summed E-state index contributed by atoms with van der Waals surface area (Å²) in [5, 5.41) is 2.06. The Morgan fingerprint density at radius 3 is 2.38 bits per heavy atom. The molecule has 0 aliphatic carbocycles. The highest BCUT2D eigenvalue weighted by molar-refractivity contribution is 4.71. The summed E-state index contributed by atoms with van der Waals surface area (Å²) in [4.78, 5) is 0. The minimum absolute atomic E-state index is 0.597. The van der Waals surface area contributed by atoms with Crippen LogP contribution in [0.5, 0.6) is 0 Å². The molecule has 3 nitrogen and oxygen atoms in total. The zero-order valence-electron chi connectivity index (χ0n) is 5.35. The van der Waals surface area contributed by atoms with Crippen LogP contribution < -0.4 is 5.43 Å². The van der Waals surface area contributed by atoms with Gasteiger partial charge in [-0.15, -0.1) is 0 Å². The van der Waals surface area contributed by atoms with Crippen LogP contribution >= 0.6 is 0 Å². The first kappa shape index (κ1) is 6.01. The third-order valence-electron chi connectivity index (χ3n) is 1.52. The van der Waals surface area contributed by atoms with Crippen molar-refractivity contribution in [3.05, 3.63) is 0 Å². The summed E-state index contributed by atoms with van der Waals surface area (Å²) in [7, 11) is 3.94. The lowest BCUT2D eigenvalue weighted by Crippen LogP contribution is -2.51. The highest BCUT2D eigenvalue weighted by atomic mass is 16.5. The second-order valence-corrected chi connectivity index (χ2v) is 2.03. The molecule has 1 aliphatic heterocycles. The number of nitrogens with zero attached hydrogens (tertiary/aromatic N) is 1. The summed E-state index contributed by atoms with van der Waals surface area (Å²) in [5.41, 5.74) is 3.02. The molecule has 0 aromatic heterocycles. The van der Waals surface area contributed by atoms with Gasteiger partial charge in [0.05, 0.1) is 19.3 Å². The van der Waals surface area contributed by atoms with Crippen molar-refractivity contribution >= 4 is 0 Å². The number of ether oxygens (including phenoxy) is 1. The van der Waals surface area contributed by atoms with E-state index in [0.717, 1.165) is 13.2 Å². The molecule has 0 aromatic rings. The predicted molar refractivity (Wildman–Crippen MR) is 31.4 cm³/mol. The molecule has 0 radical (unpaired) electrons. The largest absolute Gasteiger partial charge is 0.378 e. The highest BCUT2D eigenvalue weighted by Gasteiger charge is 2.21. The number of rotatable bonds is 2. The molecule has 3 heteroatoms. The molecular formula is C5H12N2O. The Balaban J connectivity index is 2.13. The van der Waals surface area contributed by atoms with E-state index in [4.69, 9.17) is 4.74 Å². The van der Waals surface area contributed by atoms with Gasteiger partial charge in [-0.3, -0.25) is 5.43 Å². The molecule has 1 saturated heterocycles. The first-order valence-electron chi connectivity index (χ1n) is 2.82. The summed E-state index contributed by atoms with van der Waals surface area (Å²) < 4.78 is 4.98. The van der Waals surface area contributed by atoms with Gasteiger partial charge < -0.3 is 4.74 Å². The van der Waals surface area contributed by atoms with Crippen molar-refractivity contribution in [1.29, 1.82) is 0 Å². The fraction of sp³-hybridized carbons (Fsp3) is 1.00. The lowest BCUT2D eigenvalue weighted by Gasteiger charge is -2.33. The van der Waals surface area contributed by atoms with Crippen LogP contribution in [-0.4, -0.2) is 38.4 Å². The van der Waals surface area contributed by atoms with E-state index in [1.54, 1.807) is 0 Å². The normalized spacial score (nSPS) is 21.4. The van der Waals surface area contributed by atoms with Crippen molar-refractivity contribution in [1.82, 2.24) is 10.4 Å². The quantitative estimate of drug-likeness (QED) is 0.490. The second kappa shape index (κ2) is 2.44. The van der Waals surface area contributed by atoms with Crippen LogP contribution in [0, 0.1) is 0 Å². The molecule has 0 amide bonds. The van der Waals surface area contributed by atoms with E-state index in [9.17, 15) is 0 Å². The molecule has 48 valence electrons. The first-order chi connectivity index (χ1) is 3.84. The van der Waals surface area contributed by atoms with Gasteiger partial charge in [-0.2, -0.15) is 0 Å². The van der Waals surface area contributed by atoms with Gasteiger partial charge in [-0.25, -0.2) is 5.01 Å². The first-order valence-corrected chi connectivity index (χ1v) is 2.82. The Kier molecular flexibility index (Phi) is 1.83.